The minimum Gasteiger partial charge on any atom is -0.362 e. The fraction of sp³-hybridized carbons (Fsp3) is 0.391. The molecule has 5 nitrogen and oxygen atoms in total. The number of nitrogens with one attached hydrogen (secondary N) is 1. The van der Waals surface area contributed by atoms with Gasteiger partial charge < -0.3 is 10.2 Å². The lowest BCUT2D eigenvalue weighted by Crippen LogP contribution is -2.32. The summed E-state index contributed by atoms with van der Waals surface area (Å²) in [5.74, 6) is 1.05. The maximum atomic E-state index is 12.5. The second-order valence-electron chi connectivity index (χ2n) is 7.84. The summed E-state index contributed by atoms with van der Waals surface area (Å²) in [6.45, 7) is 1.98. The second-order valence-corrected chi connectivity index (χ2v) is 8.89. The topological polar surface area (TPSA) is 48.5 Å². The molecule has 0 radical (unpaired) electrons. The zero-order chi connectivity index (χ0) is 20.4. The van der Waals surface area contributed by atoms with Crippen molar-refractivity contribution in [3.05, 3.63) is 58.6 Å². The van der Waals surface area contributed by atoms with Gasteiger partial charge in [-0.1, -0.05) is 24.3 Å². The standard InChI is InChI=1S/C23H28N4OS/c1-24-23(28)21-19(18-10-4-5-11-20(18)29-21)14-17-9-7-13-27(17)15-16-8-6-12-25-22(16)26(2)3/h4-6,8,10-12,17H,7,9,13-15H2,1-3H3,(H,24,28)/t17-/m1/s1. The molecule has 0 aliphatic carbocycles. The molecule has 0 bridgehead atoms. The molecule has 4 rings (SSSR count). The Morgan fingerprint density at radius 3 is 2.90 bits per heavy atom. The van der Waals surface area contributed by atoms with Gasteiger partial charge in [0.05, 0.1) is 4.88 Å². The number of fused-ring (bicyclic) bond motifs is 1. The molecule has 1 fully saturated rings. The molecule has 3 heterocycles. The molecular weight excluding hydrogens is 380 g/mol. The summed E-state index contributed by atoms with van der Waals surface area (Å²) in [7, 11) is 5.80. The van der Waals surface area contributed by atoms with Gasteiger partial charge >= 0.3 is 0 Å². The summed E-state index contributed by atoms with van der Waals surface area (Å²) in [4.78, 5) is 22.6. The van der Waals surface area contributed by atoms with Gasteiger partial charge in [-0.05, 0) is 48.9 Å². The number of rotatable bonds is 6. The third-order valence-electron chi connectivity index (χ3n) is 5.73. The number of anilines is 1. The average molecular weight is 409 g/mol. The fourth-order valence-corrected chi connectivity index (χ4v) is 5.52. The Balaban J connectivity index is 1.62. The fourth-order valence-electron chi connectivity index (χ4n) is 4.34. The summed E-state index contributed by atoms with van der Waals surface area (Å²) >= 11 is 1.60. The van der Waals surface area contributed by atoms with Crippen LogP contribution >= 0.6 is 11.3 Å². The zero-order valence-electron chi connectivity index (χ0n) is 17.3. The minimum atomic E-state index is 0.0212. The van der Waals surface area contributed by atoms with Crippen molar-refractivity contribution in [3.63, 3.8) is 0 Å². The van der Waals surface area contributed by atoms with Crippen LogP contribution in [-0.2, 0) is 13.0 Å². The highest BCUT2D eigenvalue weighted by Crippen LogP contribution is 2.35. The number of likely N-dealkylation sites (tertiary alicyclic amines) is 1. The van der Waals surface area contributed by atoms with Gasteiger partial charge in [-0.2, -0.15) is 0 Å². The molecule has 152 valence electrons. The Kier molecular flexibility index (Phi) is 5.83. The SMILES string of the molecule is CNC(=O)c1sc2ccccc2c1C[C@H]1CCCN1Cc1cccnc1N(C)C. The number of aromatic nitrogens is 1. The predicted octanol–water partition coefficient (Wildman–Crippen LogP) is 3.93. The van der Waals surface area contributed by atoms with Crippen molar-refractivity contribution in [1.29, 1.82) is 0 Å². The highest BCUT2D eigenvalue weighted by Gasteiger charge is 2.28. The van der Waals surface area contributed by atoms with E-state index < -0.39 is 0 Å². The van der Waals surface area contributed by atoms with Crippen LogP contribution in [0.2, 0.25) is 0 Å². The number of benzene rings is 1. The van der Waals surface area contributed by atoms with Gasteiger partial charge in [0.2, 0.25) is 0 Å². The molecule has 0 spiro atoms. The molecule has 0 saturated carbocycles. The lowest BCUT2D eigenvalue weighted by atomic mass is 10.00. The van der Waals surface area contributed by atoms with E-state index in [0.29, 0.717) is 6.04 Å². The van der Waals surface area contributed by atoms with Gasteiger partial charge in [-0.15, -0.1) is 11.3 Å². The highest BCUT2D eigenvalue weighted by molar-refractivity contribution is 7.21. The van der Waals surface area contributed by atoms with Crippen LogP contribution in [0, 0.1) is 0 Å². The summed E-state index contributed by atoms with van der Waals surface area (Å²) in [6.07, 6.45) is 5.12. The minimum absolute atomic E-state index is 0.0212. The molecule has 3 aromatic rings. The van der Waals surface area contributed by atoms with Crippen LogP contribution < -0.4 is 10.2 Å². The Morgan fingerprint density at radius 2 is 2.10 bits per heavy atom. The Labute approximate surface area is 176 Å². The predicted molar refractivity (Wildman–Crippen MR) is 121 cm³/mol. The number of carbonyl (C=O) groups is 1. The van der Waals surface area contributed by atoms with E-state index in [1.807, 2.05) is 32.4 Å². The first kappa shape index (κ1) is 19.9. The number of hydrogen-bond acceptors (Lipinski definition) is 5. The van der Waals surface area contributed by atoms with Gasteiger partial charge in [0.25, 0.3) is 5.91 Å². The molecule has 6 heteroatoms. The van der Waals surface area contributed by atoms with E-state index in [1.165, 1.54) is 27.6 Å². The van der Waals surface area contributed by atoms with Crippen LogP contribution in [-0.4, -0.2) is 49.5 Å². The zero-order valence-corrected chi connectivity index (χ0v) is 18.1. The van der Waals surface area contributed by atoms with Crippen molar-refractivity contribution in [2.24, 2.45) is 0 Å². The quantitative estimate of drug-likeness (QED) is 0.671. The van der Waals surface area contributed by atoms with Crippen LogP contribution in [0.3, 0.4) is 0 Å². The van der Waals surface area contributed by atoms with Crippen molar-refractivity contribution < 1.29 is 4.79 Å². The van der Waals surface area contributed by atoms with Crippen LogP contribution in [0.1, 0.15) is 33.6 Å². The molecule has 2 aromatic heterocycles. The first-order chi connectivity index (χ1) is 14.1. The lowest BCUT2D eigenvalue weighted by molar-refractivity contribution is 0.0966. The largest absolute Gasteiger partial charge is 0.362 e. The number of hydrogen-bond donors (Lipinski definition) is 1. The van der Waals surface area contributed by atoms with Crippen LogP contribution in [0.15, 0.2) is 42.6 Å². The van der Waals surface area contributed by atoms with Gasteiger partial charge in [0, 0.05) is 50.2 Å². The van der Waals surface area contributed by atoms with Gasteiger partial charge in [-0.3, -0.25) is 9.69 Å². The average Bonchev–Trinajstić information content (AvgIpc) is 3.33. The third kappa shape index (κ3) is 4.00. The first-order valence-corrected chi connectivity index (χ1v) is 11.0. The van der Waals surface area contributed by atoms with Gasteiger partial charge in [-0.25, -0.2) is 4.98 Å². The Hall–Kier alpha value is -2.44. The summed E-state index contributed by atoms with van der Waals surface area (Å²) in [6, 6.07) is 13.0. The van der Waals surface area contributed by atoms with Crippen molar-refractivity contribution >= 4 is 33.1 Å². The summed E-state index contributed by atoms with van der Waals surface area (Å²) in [5.41, 5.74) is 2.45. The van der Waals surface area contributed by atoms with Crippen molar-refractivity contribution in [2.75, 3.05) is 32.6 Å². The number of thiophene rings is 1. The molecule has 0 unspecified atom stereocenters. The summed E-state index contributed by atoms with van der Waals surface area (Å²) in [5, 5.41) is 4.04. The third-order valence-corrected chi connectivity index (χ3v) is 6.95. The molecule has 1 amide bonds. The van der Waals surface area contributed by atoms with Crippen molar-refractivity contribution in [3.8, 4) is 0 Å². The van der Waals surface area contributed by atoms with Crippen molar-refractivity contribution in [1.82, 2.24) is 15.2 Å². The molecular formula is C23H28N4OS. The monoisotopic (exact) mass is 408 g/mol. The van der Waals surface area contributed by atoms with E-state index in [9.17, 15) is 4.79 Å². The molecule has 1 saturated heterocycles. The smallest absolute Gasteiger partial charge is 0.261 e. The van der Waals surface area contributed by atoms with Gasteiger partial charge in [0.1, 0.15) is 5.82 Å². The second kappa shape index (κ2) is 8.51. The molecule has 1 aliphatic heterocycles. The molecule has 29 heavy (non-hydrogen) atoms. The van der Waals surface area contributed by atoms with E-state index in [0.717, 1.165) is 36.6 Å². The van der Waals surface area contributed by atoms with Crippen LogP contribution in [0.5, 0.6) is 0 Å². The van der Waals surface area contributed by atoms with Crippen LogP contribution in [0.4, 0.5) is 5.82 Å². The van der Waals surface area contributed by atoms with E-state index in [-0.39, 0.29) is 5.91 Å². The van der Waals surface area contributed by atoms with E-state index in [2.05, 4.69) is 44.4 Å². The molecule has 1 atom stereocenters. The lowest BCUT2D eigenvalue weighted by Gasteiger charge is -2.26. The molecule has 1 N–H and O–H groups in total. The summed E-state index contributed by atoms with van der Waals surface area (Å²) < 4.78 is 1.19. The Bertz CT molecular complexity index is 1010. The number of amides is 1. The number of pyridine rings is 1. The highest BCUT2D eigenvalue weighted by atomic mass is 32.1. The van der Waals surface area contributed by atoms with Gasteiger partial charge in [0.15, 0.2) is 0 Å². The Morgan fingerprint density at radius 1 is 1.28 bits per heavy atom. The number of carbonyl (C=O) groups excluding carboxylic acids is 1. The maximum absolute atomic E-state index is 12.5. The van der Waals surface area contributed by atoms with E-state index in [1.54, 1.807) is 18.4 Å². The first-order valence-electron chi connectivity index (χ1n) is 10.2. The molecule has 1 aromatic carbocycles. The normalized spacial score (nSPS) is 17.0. The molecule has 1 aliphatic rings. The van der Waals surface area contributed by atoms with E-state index >= 15 is 0 Å². The van der Waals surface area contributed by atoms with Crippen molar-refractivity contribution in [2.45, 2.75) is 31.8 Å². The van der Waals surface area contributed by atoms with Crippen LogP contribution in [0.25, 0.3) is 10.1 Å². The maximum Gasteiger partial charge on any atom is 0.261 e. The number of nitrogens with zero attached hydrogens (tertiary/aromatic N) is 3. The van der Waals surface area contributed by atoms with E-state index in [4.69, 9.17) is 0 Å².